The van der Waals surface area contributed by atoms with Gasteiger partial charge in [-0.15, -0.1) is 0 Å². The van der Waals surface area contributed by atoms with E-state index in [4.69, 9.17) is 13.9 Å². The SMILES string of the molecule is O=c1oc2c(c3ccccc13)COC(C1CCOCC1)C2. The van der Waals surface area contributed by atoms with Crippen LogP contribution in [0.4, 0.5) is 0 Å². The maximum Gasteiger partial charge on any atom is 0.343 e. The van der Waals surface area contributed by atoms with Gasteiger partial charge in [0.25, 0.3) is 0 Å². The molecule has 0 spiro atoms. The van der Waals surface area contributed by atoms with Crippen LogP contribution >= 0.6 is 0 Å². The highest BCUT2D eigenvalue weighted by molar-refractivity contribution is 5.84. The summed E-state index contributed by atoms with van der Waals surface area (Å²) in [6.07, 6.45) is 2.89. The monoisotopic (exact) mass is 286 g/mol. The molecule has 2 aliphatic rings. The first kappa shape index (κ1) is 13.0. The minimum Gasteiger partial charge on any atom is -0.427 e. The van der Waals surface area contributed by atoms with Crippen molar-refractivity contribution in [1.29, 1.82) is 0 Å². The average Bonchev–Trinajstić information content (AvgIpc) is 2.55. The minimum absolute atomic E-state index is 0.144. The second-order valence-corrected chi connectivity index (χ2v) is 5.84. The van der Waals surface area contributed by atoms with E-state index < -0.39 is 0 Å². The summed E-state index contributed by atoms with van der Waals surface area (Å²) in [6.45, 7) is 2.14. The molecule has 1 saturated heterocycles. The van der Waals surface area contributed by atoms with E-state index in [1.807, 2.05) is 24.3 Å². The molecule has 1 fully saturated rings. The highest BCUT2D eigenvalue weighted by Crippen LogP contribution is 2.32. The minimum atomic E-state index is -0.239. The molecule has 4 heteroatoms. The summed E-state index contributed by atoms with van der Waals surface area (Å²) in [6, 6.07) is 7.60. The van der Waals surface area contributed by atoms with E-state index in [2.05, 4.69) is 0 Å². The zero-order valence-corrected chi connectivity index (χ0v) is 11.8. The first-order valence-corrected chi connectivity index (χ1v) is 7.56. The first-order chi connectivity index (χ1) is 10.3. The van der Waals surface area contributed by atoms with Gasteiger partial charge >= 0.3 is 5.63 Å². The van der Waals surface area contributed by atoms with Gasteiger partial charge in [0, 0.05) is 25.2 Å². The Bertz CT molecular complexity index is 712. The lowest BCUT2D eigenvalue weighted by Gasteiger charge is -2.33. The molecule has 4 nitrogen and oxygen atoms in total. The van der Waals surface area contributed by atoms with Gasteiger partial charge < -0.3 is 13.9 Å². The van der Waals surface area contributed by atoms with Crippen molar-refractivity contribution >= 4 is 10.8 Å². The zero-order chi connectivity index (χ0) is 14.2. The quantitative estimate of drug-likeness (QED) is 0.808. The molecule has 1 aromatic heterocycles. The van der Waals surface area contributed by atoms with E-state index in [0.29, 0.717) is 24.3 Å². The number of benzene rings is 1. The van der Waals surface area contributed by atoms with Crippen LogP contribution < -0.4 is 5.63 Å². The molecule has 3 heterocycles. The Labute approximate surface area is 122 Å². The molecule has 2 aliphatic heterocycles. The van der Waals surface area contributed by atoms with Crippen molar-refractivity contribution in [3.8, 4) is 0 Å². The van der Waals surface area contributed by atoms with Gasteiger partial charge in [0.1, 0.15) is 5.76 Å². The van der Waals surface area contributed by atoms with Crippen molar-refractivity contribution in [3.63, 3.8) is 0 Å². The Balaban J connectivity index is 1.71. The molecule has 21 heavy (non-hydrogen) atoms. The van der Waals surface area contributed by atoms with Crippen molar-refractivity contribution in [2.24, 2.45) is 5.92 Å². The molecule has 1 aromatic carbocycles. The molecule has 1 unspecified atom stereocenters. The smallest absolute Gasteiger partial charge is 0.343 e. The molecule has 0 bridgehead atoms. The Morgan fingerprint density at radius 2 is 1.81 bits per heavy atom. The third-order valence-electron chi connectivity index (χ3n) is 4.64. The second-order valence-electron chi connectivity index (χ2n) is 5.84. The van der Waals surface area contributed by atoms with Gasteiger partial charge in [-0.3, -0.25) is 0 Å². The summed E-state index contributed by atoms with van der Waals surface area (Å²) >= 11 is 0. The van der Waals surface area contributed by atoms with Crippen LogP contribution in [0.1, 0.15) is 24.2 Å². The molecule has 0 aliphatic carbocycles. The second kappa shape index (κ2) is 5.28. The van der Waals surface area contributed by atoms with Crippen LogP contribution in [0.15, 0.2) is 33.5 Å². The normalized spacial score (nSPS) is 23.1. The Hall–Kier alpha value is -1.65. The largest absolute Gasteiger partial charge is 0.427 e. The number of ether oxygens (including phenoxy) is 2. The zero-order valence-electron chi connectivity index (χ0n) is 11.8. The molecule has 110 valence electrons. The van der Waals surface area contributed by atoms with Crippen molar-refractivity contribution in [3.05, 3.63) is 46.0 Å². The Kier molecular flexibility index (Phi) is 3.28. The van der Waals surface area contributed by atoms with Crippen LogP contribution in [0.5, 0.6) is 0 Å². The van der Waals surface area contributed by atoms with Gasteiger partial charge in [0.15, 0.2) is 0 Å². The summed E-state index contributed by atoms with van der Waals surface area (Å²) in [7, 11) is 0. The van der Waals surface area contributed by atoms with Crippen LogP contribution in [0.3, 0.4) is 0 Å². The number of hydrogen-bond donors (Lipinski definition) is 0. The Morgan fingerprint density at radius 3 is 2.62 bits per heavy atom. The molecular weight excluding hydrogens is 268 g/mol. The highest BCUT2D eigenvalue weighted by Gasteiger charge is 2.31. The number of hydrogen-bond acceptors (Lipinski definition) is 4. The van der Waals surface area contributed by atoms with Gasteiger partial charge in [-0.2, -0.15) is 0 Å². The van der Waals surface area contributed by atoms with Crippen LogP contribution in [-0.2, 0) is 22.5 Å². The molecule has 0 saturated carbocycles. The summed E-state index contributed by atoms with van der Waals surface area (Å²) < 4.78 is 17.0. The molecule has 4 rings (SSSR count). The molecule has 0 N–H and O–H groups in total. The standard InChI is InChI=1S/C17H18O4/c18-17-13-4-2-1-3-12(13)14-10-20-15(9-16(14)21-17)11-5-7-19-8-6-11/h1-4,11,15H,5-10H2. The van der Waals surface area contributed by atoms with Gasteiger partial charge in [-0.1, -0.05) is 18.2 Å². The summed E-state index contributed by atoms with van der Waals surface area (Å²) in [5.74, 6) is 1.31. The fraction of sp³-hybridized carbons (Fsp3) is 0.471. The van der Waals surface area contributed by atoms with Gasteiger partial charge in [0.2, 0.25) is 0 Å². The third-order valence-corrected chi connectivity index (χ3v) is 4.64. The predicted molar refractivity (Wildman–Crippen MR) is 78.3 cm³/mol. The number of fused-ring (bicyclic) bond motifs is 3. The average molecular weight is 286 g/mol. The van der Waals surface area contributed by atoms with E-state index in [1.165, 1.54) is 0 Å². The third kappa shape index (κ3) is 2.28. The molecular formula is C17H18O4. The van der Waals surface area contributed by atoms with Gasteiger partial charge in [-0.05, 0) is 30.2 Å². The molecule has 2 aromatic rings. The van der Waals surface area contributed by atoms with Crippen molar-refractivity contribution < 1.29 is 13.9 Å². The lowest BCUT2D eigenvalue weighted by atomic mass is 9.88. The van der Waals surface area contributed by atoms with Crippen molar-refractivity contribution in [2.45, 2.75) is 32.0 Å². The maximum absolute atomic E-state index is 12.1. The first-order valence-electron chi connectivity index (χ1n) is 7.56. The van der Waals surface area contributed by atoms with Gasteiger partial charge in [0.05, 0.1) is 18.1 Å². The van der Waals surface area contributed by atoms with Crippen molar-refractivity contribution in [1.82, 2.24) is 0 Å². The summed E-state index contributed by atoms with van der Waals surface area (Å²) in [4.78, 5) is 12.1. The lowest BCUT2D eigenvalue weighted by molar-refractivity contribution is -0.0518. The lowest BCUT2D eigenvalue weighted by Crippen LogP contribution is -2.34. The van der Waals surface area contributed by atoms with E-state index in [-0.39, 0.29) is 11.7 Å². The van der Waals surface area contributed by atoms with Crippen molar-refractivity contribution in [2.75, 3.05) is 13.2 Å². The highest BCUT2D eigenvalue weighted by atomic mass is 16.5. The van der Waals surface area contributed by atoms with Crippen LogP contribution in [0.2, 0.25) is 0 Å². The number of rotatable bonds is 1. The van der Waals surface area contributed by atoms with Crippen LogP contribution in [-0.4, -0.2) is 19.3 Å². The Morgan fingerprint density at radius 1 is 1.05 bits per heavy atom. The molecule has 0 radical (unpaired) electrons. The van der Waals surface area contributed by atoms with E-state index in [1.54, 1.807) is 0 Å². The fourth-order valence-corrected chi connectivity index (χ4v) is 3.45. The van der Waals surface area contributed by atoms with Crippen LogP contribution in [0, 0.1) is 5.92 Å². The molecule has 0 amide bonds. The molecule has 1 atom stereocenters. The van der Waals surface area contributed by atoms with E-state index in [0.717, 1.165) is 42.8 Å². The fourth-order valence-electron chi connectivity index (χ4n) is 3.45. The summed E-state index contributed by atoms with van der Waals surface area (Å²) in [5, 5.41) is 1.61. The van der Waals surface area contributed by atoms with Gasteiger partial charge in [-0.25, -0.2) is 4.79 Å². The van der Waals surface area contributed by atoms with E-state index >= 15 is 0 Å². The summed E-state index contributed by atoms with van der Waals surface area (Å²) in [5.41, 5.74) is 0.797. The predicted octanol–water partition coefficient (Wildman–Crippen LogP) is 2.66. The topological polar surface area (TPSA) is 48.7 Å². The van der Waals surface area contributed by atoms with Crippen LogP contribution in [0.25, 0.3) is 10.8 Å². The maximum atomic E-state index is 12.1. The van der Waals surface area contributed by atoms with E-state index in [9.17, 15) is 4.79 Å².